The van der Waals surface area contributed by atoms with Crippen LogP contribution < -0.4 is 15.4 Å². The van der Waals surface area contributed by atoms with Crippen molar-refractivity contribution in [3.63, 3.8) is 0 Å². The SMILES string of the molecule is CCOC(=O)CNC(=O)/C(=C/c1ccc(C(C)C)cc1)NC(=O)c1ccc(OC)cc1. The first-order valence-electron chi connectivity index (χ1n) is 10.0. The van der Waals surface area contributed by atoms with Gasteiger partial charge in [0, 0.05) is 5.56 Å². The van der Waals surface area contributed by atoms with E-state index in [0.29, 0.717) is 17.2 Å². The van der Waals surface area contributed by atoms with Gasteiger partial charge in [0.05, 0.1) is 13.7 Å². The maximum absolute atomic E-state index is 12.7. The summed E-state index contributed by atoms with van der Waals surface area (Å²) < 4.78 is 9.92. The molecule has 2 aromatic rings. The topological polar surface area (TPSA) is 93.7 Å². The van der Waals surface area contributed by atoms with Crippen molar-refractivity contribution in [3.8, 4) is 5.75 Å². The summed E-state index contributed by atoms with van der Waals surface area (Å²) in [5.74, 6) is -0.621. The Hall–Kier alpha value is -3.61. The van der Waals surface area contributed by atoms with Crippen LogP contribution in [0, 0.1) is 0 Å². The van der Waals surface area contributed by atoms with Gasteiger partial charge >= 0.3 is 5.97 Å². The molecule has 0 fully saturated rings. The molecule has 0 aliphatic heterocycles. The minimum atomic E-state index is -0.595. The normalized spacial score (nSPS) is 11.1. The minimum Gasteiger partial charge on any atom is -0.497 e. The van der Waals surface area contributed by atoms with E-state index in [2.05, 4.69) is 24.5 Å². The van der Waals surface area contributed by atoms with Gasteiger partial charge in [0.15, 0.2) is 0 Å². The molecular weight excluding hydrogens is 396 g/mol. The van der Waals surface area contributed by atoms with Crippen molar-refractivity contribution in [2.24, 2.45) is 0 Å². The van der Waals surface area contributed by atoms with Crippen molar-refractivity contribution in [2.75, 3.05) is 20.3 Å². The van der Waals surface area contributed by atoms with Crippen LogP contribution in [0.2, 0.25) is 0 Å². The number of rotatable bonds is 9. The van der Waals surface area contributed by atoms with Crippen LogP contribution in [0.5, 0.6) is 5.75 Å². The Morgan fingerprint density at radius 1 is 1.00 bits per heavy atom. The molecule has 0 saturated heterocycles. The molecule has 2 N–H and O–H groups in total. The number of methoxy groups -OCH3 is 1. The zero-order valence-electron chi connectivity index (χ0n) is 18.2. The molecule has 2 rings (SSSR count). The highest BCUT2D eigenvalue weighted by atomic mass is 16.5. The van der Waals surface area contributed by atoms with Crippen molar-refractivity contribution >= 4 is 23.9 Å². The summed E-state index contributed by atoms with van der Waals surface area (Å²) in [6.45, 7) is 5.78. The Balaban J connectivity index is 2.24. The third-order valence-electron chi connectivity index (χ3n) is 4.46. The number of hydrogen-bond donors (Lipinski definition) is 2. The van der Waals surface area contributed by atoms with E-state index < -0.39 is 17.8 Å². The van der Waals surface area contributed by atoms with Crippen molar-refractivity contribution in [1.82, 2.24) is 10.6 Å². The average molecular weight is 424 g/mol. The molecule has 0 bridgehead atoms. The van der Waals surface area contributed by atoms with Crippen molar-refractivity contribution in [1.29, 1.82) is 0 Å². The molecule has 0 spiro atoms. The highest BCUT2D eigenvalue weighted by molar-refractivity contribution is 6.05. The van der Waals surface area contributed by atoms with Crippen LogP contribution in [-0.4, -0.2) is 38.0 Å². The maximum Gasteiger partial charge on any atom is 0.325 e. The lowest BCUT2D eigenvalue weighted by atomic mass is 10.0. The fourth-order valence-corrected chi connectivity index (χ4v) is 2.70. The van der Waals surface area contributed by atoms with Crippen molar-refractivity contribution in [2.45, 2.75) is 26.7 Å². The van der Waals surface area contributed by atoms with Gasteiger partial charge in [-0.1, -0.05) is 38.1 Å². The van der Waals surface area contributed by atoms with E-state index in [1.54, 1.807) is 37.3 Å². The summed E-state index contributed by atoms with van der Waals surface area (Å²) in [5.41, 5.74) is 2.27. The van der Waals surface area contributed by atoms with E-state index in [4.69, 9.17) is 9.47 Å². The highest BCUT2D eigenvalue weighted by Gasteiger charge is 2.16. The van der Waals surface area contributed by atoms with Crippen molar-refractivity contribution < 1.29 is 23.9 Å². The first-order valence-corrected chi connectivity index (χ1v) is 10.0. The van der Waals surface area contributed by atoms with Gasteiger partial charge in [0.1, 0.15) is 18.0 Å². The molecule has 7 nitrogen and oxygen atoms in total. The highest BCUT2D eigenvalue weighted by Crippen LogP contribution is 2.16. The average Bonchev–Trinajstić information content (AvgIpc) is 2.77. The third kappa shape index (κ3) is 7.29. The van der Waals surface area contributed by atoms with Crippen LogP contribution in [-0.2, 0) is 14.3 Å². The standard InChI is InChI=1S/C24H28N2O5/c1-5-31-22(27)15-25-24(29)21(14-17-6-8-18(9-7-17)16(2)3)26-23(28)19-10-12-20(30-4)13-11-19/h6-14,16H,5,15H2,1-4H3,(H,25,29)(H,26,28)/b21-14-. The number of nitrogens with one attached hydrogen (secondary N) is 2. The quantitative estimate of drug-likeness (QED) is 0.476. The maximum atomic E-state index is 12.7. The molecule has 0 aliphatic carbocycles. The van der Waals surface area contributed by atoms with Gasteiger partial charge in [0.25, 0.3) is 11.8 Å². The molecule has 0 unspecified atom stereocenters. The first-order chi connectivity index (χ1) is 14.8. The summed E-state index contributed by atoms with van der Waals surface area (Å²) in [6.07, 6.45) is 1.56. The number of benzene rings is 2. The van der Waals surface area contributed by atoms with Gasteiger partial charge in [-0.3, -0.25) is 14.4 Å². The summed E-state index contributed by atoms with van der Waals surface area (Å²) in [6, 6.07) is 14.2. The van der Waals surface area contributed by atoms with Gasteiger partial charge in [-0.05, 0) is 54.3 Å². The lowest BCUT2D eigenvalue weighted by molar-refractivity contribution is -0.143. The molecule has 0 aromatic heterocycles. The summed E-state index contributed by atoms with van der Waals surface area (Å²) in [7, 11) is 1.54. The smallest absolute Gasteiger partial charge is 0.325 e. The van der Waals surface area contributed by atoms with E-state index in [1.807, 2.05) is 24.3 Å². The van der Waals surface area contributed by atoms with E-state index >= 15 is 0 Å². The molecule has 0 radical (unpaired) electrons. The fourth-order valence-electron chi connectivity index (χ4n) is 2.70. The number of amides is 2. The third-order valence-corrected chi connectivity index (χ3v) is 4.46. The van der Waals surface area contributed by atoms with Gasteiger partial charge < -0.3 is 20.1 Å². The zero-order valence-corrected chi connectivity index (χ0v) is 18.2. The van der Waals surface area contributed by atoms with Gasteiger partial charge in [0.2, 0.25) is 0 Å². The molecule has 164 valence electrons. The van der Waals surface area contributed by atoms with E-state index in [0.717, 1.165) is 11.1 Å². The van der Waals surface area contributed by atoms with Crippen LogP contribution >= 0.6 is 0 Å². The predicted octanol–water partition coefficient (Wildman–Crippen LogP) is 3.27. The number of carbonyl (C=O) groups is 3. The second kappa shape index (κ2) is 11.5. The zero-order chi connectivity index (χ0) is 22.8. The molecular formula is C24H28N2O5. The van der Waals surface area contributed by atoms with Crippen LogP contribution in [0.25, 0.3) is 6.08 Å². The Kier molecular flexibility index (Phi) is 8.81. The number of hydrogen-bond acceptors (Lipinski definition) is 5. The van der Waals surface area contributed by atoms with Crippen LogP contribution in [0.4, 0.5) is 0 Å². The molecule has 0 saturated carbocycles. The van der Waals surface area contributed by atoms with E-state index in [1.165, 1.54) is 7.11 Å². The van der Waals surface area contributed by atoms with Crippen molar-refractivity contribution in [3.05, 3.63) is 70.9 Å². The monoisotopic (exact) mass is 424 g/mol. The molecule has 0 aliphatic rings. The Morgan fingerprint density at radius 2 is 1.65 bits per heavy atom. The van der Waals surface area contributed by atoms with Crippen LogP contribution in [0.3, 0.4) is 0 Å². The second-order valence-electron chi connectivity index (χ2n) is 7.05. The molecule has 2 amide bonds. The number of carbonyl (C=O) groups excluding carboxylic acids is 3. The largest absolute Gasteiger partial charge is 0.497 e. The minimum absolute atomic E-state index is 0.0161. The van der Waals surface area contributed by atoms with Gasteiger partial charge in [-0.2, -0.15) is 0 Å². The van der Waals surface area contributed by atoms with Crippen LogP contribution in [0.15, 0.2) is 54.2 Å². The summed E-state index contributed by atoms with van der Waals surface area (Å²) >= 11 is 0. The van der Waals surface area contributed by atoms with Crippen LogP contribution in [0.1, 0.15) is 48.2 Å². The number of esters is 1. The lowest BCUT2D eigenvalue weighted by Crippen LogP contribution is -2.37. The first kappa shape index (κ1) is 23.7. The lowest BCUT2D eigenvalue weighted by Gasteiger charge is -2.12. The number of ether oxygens (including phenoxy) is 2. The Bertz CT molecular complexity index is 931. The van der Waals surface area contributed by atoms with E-state index in [-0.39, 0.29) is 18.8 Å². The molecule has 7 heteroatoms. The Labute approximate surface area is 182 Å². The predicted molar refractivity (Wildman–Crippen MR) is 119 cm³/mol. The fraction of sp³-hybridized carbons (Fsp3) is 0.292. The Morgan fingerprint density at radius 3 is 2.19 bits per heavy atom. The molecule has 0 heterocycles. The van der Waals surface area contributed by atoms with Gasteiger partial charge in [-0.15, -0.1) is 0 Å². The molecule has 31 heavy (non-hydrogen) atoms. The molecule has 2 aromatic carbocycles. The summed E-state index contributed by atoms with van der Waals surface area (Å²) in [5, 5.41) is 5.11. The second-order valence-corrected chi connectivity index (χ2v) is 7.05. The summed E-state index contributed by atoms with van der Waals surface area (Å²) in [4.78, 5) is 36.9. The van der Waals surface area contributed by atoms with Gasteiger partial charge in [-0.25, -0.2) is 0 Å². The van der Waals surface area contributed by atoms with E-state index in [9.17, 15) is 14.4 Å². The molecule has 0 atom stereocenters.